The Balaban J connectivity index is 2.85. The number of carboxylic acid groups (broad SMARTS) is 1. The largest absolute Gasteiger partial charge is 0.481 e. The zero-order chi connectivity index (χ0) is 14.6. The summed E-state index contributed by atoms with van der Waals surface area (Å²) in [5, 5.41) is 9.52. The van der Waals surface area contributed by atoms with Crippen LogP contribution in [0, 0.1) is 0 Å². The molecule has 19 heavy (non-hydrogen) atoms. The maximum absolute atomic E-state index is 10.7. The predicted octanol–water partition coefficient (Wildman–Crippen LogP) is 4.18. The van der Waals surface area contributed by atoms with Crippen molar-refractivity contribution in [2.75, 3.05) is 6.54 Å². The summed E-state index contributed by atoms with van der Waals surface area (Å²) < 4.78 is 0.949. The zero-order valence-corrected chi connectivity index (χ0v) is 13.8. The van der Waals surface area contributed by atoms with Gasteiger partial charge in [-0.3, -0.25) is 9.69 Å². The molecule has 1 rings (SSSR count). The lowest BCUT2D eigenvalue weighted by atomic mass is 10.0. The second-order valence-corrected chi connectivity index (χ2v) is 6.76. The Morgan fingerprint density at radius 1 is 1.42 bits per heavy atom. The third-order valence-corrected chi connectivity index (χ3v) is 3.89. The molecule has 0 aliphatic carbocycles. The number of benzene rings is 1. The summed E-state index contributed by atoms with van der Waals surface area (Å²) in [4.78, 5) is 12.9. The molecule has 0 radical (unpaired) electrons. The van der Waals surface area contributed by atoms with Crippen molar-refractivity contribution in [2.45, 2.75) is 39.3 Å². The van der Waals surface area contributed by atoms with Crippen LogP contribution >= 0.6 is 27.5 Å². The van der Waals surface area contributed by atoms with Crippen molar-refractivity contribution >= 4 is 33.5 Å². The molecule has 5 heteroatoms. The normalized spacial score (nSPS) is 11.9. The second-order valence-electron chi connectivity index (χ2n) is 5.47. The van der Waals surface area contributed by atoms with Gasteiger partial charge >= 0.3 is 5.97 Å². The van der Waals surface area contributed by atoms with E-state index in [-0.39, 0.29) is 12.0 Å². The van der Waals surface area contributed by atoms with E-state index in [9.17, 15) is 4.79 Å². The van der Waals surface area contributed by atoms with E-state index in [0.717, 1.165) is 10.0 Å². The topological polar surface area (TPSA) is 40.5 Å². The zero-order valence-electron chi connectivity index (χ0n) is 11.4. The van der Waals surface area contributed by atoms with Crippen LogP contribution in [-0.2, 0) is 11.3 Å². The van der Waals surface area contributed by atoms with Crippen molar-refractivity contribution in [3.05, 3.63) is 33.3 Å². The minimum Gasteiger partial charge on any atom is -0.481 e. The number of halogens is 2. The molecule has 1 aromatic carbocycles. The minimum absolute atomic E-state index is 0.0888. The average Bonchev–Trinajstić information content (AvgIpc) is 2.24. The molecule has 0 bridgehead atoms. The first-order chi connectivity index (χ1) is 8.70. The molecule has 0 unspecified atom stereocenters. The molecule has 0 heterocycles. The van der Waals surface area contributed by atoms with Gasteiger partial charge in [-0.25, -0.2) is 0 Å². The third kappa shape index (κ3) is 5.51. The van der Waals surface area contributed by atoms with Crippen molar-refractivity contribution < 1.29 is 9.90 Å². The highest BCUT2D eigenvalue weighted by atomic mass is 79.9. The van der Waals surface area contributed by atoms with E-state index in [2.05, 4.69) is 41.6 Å². The molecule has 0 fully saturated rings. The second kappa shape index (κ2) is 6.73. The van der Waals surface area contributed by atoms with Crippen LogP contribution < -0.4 is 0 Å². The molecule has 1 N–H and O–H groups in total. The smallest absolute Gasteiger partial charge is 0.304 e. The van der Waals surface area contributed by atoms with Crippen LogP contribution in [0.2, 0.25) is 5.02 Å². The van der Waals surface area contributed by atoms with Gasteiger partial charge in [0, 0.05) is 28.1 Å². The first kappa shape index (κ1) is 16.5. The highest BCUT2D eigenvalue weighted by Gasteiger charge is 2.22. The van der Waals surface area contributed by atoms with Gasteiger partial charge < -0.3 is 5.11 Å². The number of hydrogen-bond donors (Lipinski definition) is 1. The number of hydrogen-bond acceptors (Lipinski definition) is 2. The fourth-order valence-corrected chi connectivity index (χ4v) is 2.55. The van der Waals surface area contributed by atoms with Crippen LogP contribution in [0.4, 0.5) is 0 Å². The molecule has 0 aliphatic rings. The van der Waals surface area contributed by atoms with Gasteiger partial charge in [-0.1, -0.05) is 33.6 Å². The molecule has 1 aromatic rings. The van der Waals surface area contributed by atoms with Gasteiger partial charge in [0.2, 0.25) is 0 Å². The number of nitrogens with zero attached hydrogens (tertiary/aromatic N) is 1. The third-order valence-electron chi connectivity index (χ3n) is 2.92. The average molecular weight is 349 g/mol. The Hall–Kier alpha value is -0.580. The number of aliphatic carboxylic acids is 1. The quantitative estimate of drug-likeness (QED) is 0.868. The van der Waals surface area contributed by atoms with E-state index in [1.807, 2.05) is 18.2 Å². The van der Waals surface area contributed by atoms with Gasteiger partial charge in [-0.05, 0) is 38.5 Å². The number of carboxylic acids is 1. The number of carbonyl (C=O) groups is 1. The molecule has 0 atom stereocenters. The van der Waals surface area contributed by atoms with E-state index >= 15 is 0 Å². The number of rotatable bonds is 5. The summed E-state index contributed by atoms with van der Waals surface area (Å²) in [6.07, 6.45) is 0.141. The summed E-state index contributed by atoms with van der Waals surface area (Å²) in [7, 11) is 0. The lowest BCUT2D eigenvalue weighted by Gasteiger charge is -2.35. The van der Waals surface area contributed by atoms with Crippen LogP contribution in [-0.4, -0.2) is 28.1 Å². The summed E-state index contributed by atoms with van der Waals surface area (Å²) in [5.74, 6) is -0.774. The van der Waals surface area contributed by atoms with Gasteiger partial charge in [0.1, 0.15) is 0 Å². The van der Waals surface area contributed by atoms with Crippen molar-refractivity contribution in [1.29, 1.82) is 0 Å². The van der Waals surface area contributed by atoms with Gasteiger partial charge in [-0.15, -0.1) is 0 Å². The molecule has 0 spiro atoms. The summed E-state index contributed by atoms with van der Waals surface area (Å²) in [6, 6.07) is 5.67. The Bertz CT molecular complexity index is 457. The van der Waals surface area contributed by atoms with Crippen LogP contribution in [0.15, 0.2) is 22.7 Å². The van der Waals surface area contributed by atoms with Crippen LogP contribution in [0.1, 0.15) is 32.8 Å². The summed E-state index contributed by atoms with van der Waals surface area (Å²) in [5.41, 5.74) is 1.01. The monoisotopic (exact) mass is 347 g/mol. The fourth-order valence-electron chi connectivity index (χ4n) is 1.74. The van der Waals surface area contributed by atoms with E-state index in [1.165, 1.54) is 0 Å². The standard InChI is InChI=1S/C14H19BrClNO2/c1-14(2,3)17(7-6-13(18)19)9-10-4-5-11(16)8-12(10)15/h4-5,8H,6-7,9H2,1-3H3,(H,18,19). The molecule has 106 valence electrons. The van der Waals surface area contributed by atoms with Crippen LogP contribution in [0.3, 0.4) is 0 Å². The van der Waals surface area contributed by atoms with Crippen molar-refractivity contribution in [2.24, 2.45) is 0 Å². The first-order valence-electron chi connectivity index (χ1n) is 6.11. The van der Waals surface area contributed by atoms with E-state index in [4.69, 9.17) is 16.7 Å². The van der Waals surface area contributed by atoms with Crippen LogP contribution in [0.25, 0.3) is 0 Å². The van der Waals surface area contributed by atoms with E-state index in [0.29, 0.717) is 18.1 Å². The molecular formula is C14H19BrClNO2. The van der Waals surface area contributed by atoms with E-state index < -0.39 is 5.97 Å². The molecule has 0 saturated carbocycles. The highest BCUT2D eigenvalue weighted by Crippen LogP contribution is 2.25. The lowest BCUT2D eigenvalue weighted by Crippen LogP contribution is -2.42. The molecule has 0 saturated heterocycles. The maximum atomic E-state index is 10.7. The maximum Gasteiger partial charge on any atom is 0.304 e. The Morgan fingerprint density at radius 2 is 2.05 bits per heavy atom. The molecule has 0 aliphatic heterocycles. The van der Waals surface area contributed by atoms with E-state index in [1.54, 1.807) is 0 Å². The summed E-state index contributed by atoms with van der Waals surface area (Å²) in [6.45, 7) is 7.46. The predicted molar refractivity (Wildman–Crippen MR) is 81.6 cm³/mol. The SMILES string of the molecule is CC(C)(C)N(CCC(=O)O)Cc1ccc(Cl)cc1Br. The lowest BCUT2D eigenvalue weighted by molar-refractivity contribution is -0.137. The minimum atomic E-state index is -0.774. The Labute approximate surface area is 127 Å². The van der Waals surface area contributed by atoms with Crippen molar-refractivity contribution in [3.63, 3.8) is 0 Å². The van der Waals surface area contributed by atoms with Crippen molar-refractivity contribution in [3.8, 4) is 0 Å². The molecular weight excluding hydrogens is 330 g/mol. The first-order valence-corrected chi connectivity index (χ1v) is 7.28. The Kier molecular flexibility index (Phi) is 5.83. The summed E-state index contributed by atoms with van der Waals surface area (Å²) >= 11 is 9.42. The van der Waals surface area contributed by atoms with Crippen molar-refractivity contribution in [1.82, 2.24) is 4.90 Å². The van der Waals surface area contributed by atoms with Crippen LogP contribution in [0.5, 0.6) is 0 Å². The Morgan fingerprint density at radius 3 is 2.53 bits per heavy atom. The van der Waals surface area contributed by atoms with Gasteiger partial charge in [0.05, 0.1) is 6.42 Å². The highest BCUT2D eigenvalue weighted by molar-refractivity contribution is 9.10. The van der Waals surface area contributed by atoms with Gasteiger partial charge in [0.15, 0.2) is 0 Å². The fraction of sp³-hybridized carbons (Fsp3) is 0.500. The van der Waals surface area contributed by atoms with Gasteiger partial charge in [-0.2, -0.15) is 0 Å². The van der Waals surface area contributed by atoms with Gasteiger partial charge in [0.25, 0.3) is 0 Å². The molecule has 0 amide bonds. The molecule has 3 nitrogen and oxygen atoms in total. The molecule has 0 aromatic heterocycles.